The Morgan fingerprint density at radius 2 is 1.88 bits per heavy atom. The van der Waals surface area contributed by atoms with Crippen LogP contribution in [0.2, 0.25) is 0 Å². The van der Waals surface area contributed by atoms with Gasteiger partial charge >= 0.3 is 11.9 Å². The van der Waals surface area contributed by atoms with E-state index in [1.54, 1.807) is 55.5 Å². The summed E-state index contributed by atoms with van der Waals surface area (Å²) in [4.78, 5) is 44.4. The molecule has 2 heterocycles. The highest BCUT2D eigenvalue weighted by atomic mass is 79.9. The predicted octanol–water partition coefficient (Wildman–Crippen LogP) is 4.64. The summed E-state index contributed by atoms with van der Waals surface area (Å²) < 4.78 is 10.8. The van der Waals surface area contributed by atoms with E-state index in [4.69, 9.17) is 9.47 Å². The highest BCUT2D eigenvalue weighted by Gasteiger charge is 2.48. The molecule has 0 radical (unpaired) electrons. The van der Waals surface area contributed by atoms with E-state index in [2.05, 4.69) is 20.9 Å². The Bertz CT molecular complexity index is 1350. The molecular weight excluding hydrogens is 524 g/mol. The van der Waals surface area contributed by atoms with Gasteiger partial charge in [0.1, 0.15) is 16.4 Å². The summed E-state index contributed by atoms with van der Waals surface area (Å²) in [5.74, 6) is -2.17. The first-order chi connectivity index (χ1) is 16.3. The maximum absolute atomic E-state index is 13.2. The number of aliphatic hydroxyl groups excluding tert-OH is 1. The average Bonchev–Trinajstić information content (AvgIpc) is 3.35. The van der Waals surface area contributed by atoms with Gasteiger partial charge in [-0.15, -0.1) is 0 Å². The molecule has 10 heteroatoms. The van der Waals surface area contributed by atoms with Crippen LogP contribution in [0.1, 0.15) is 32.5 Å². The Labute approximate surface area is 207 Å². The Kier molecular flexibility index (Phi) is 6.54. The van der Waals surface area contributed by atoms with Gasteiger partial charge < -0.3 is 14.6 Å². The highest BCUT2D eigenvalue weighted by Crippen LogP contribution is 2.44. The molecule has 1 amide bonds. The highest BCUT2D eigenvalue weighted by molar-refractivity contribution is 9.10. The second-order valence-corrected chi connectivity index (χ2v) is 9.25. The topological polar surface area (TPSA) is 106 Å². The van der Waals surface area contributed by atoms with Gasteiger partial charge in [0.2, 0.25) is 0 Å². The smallest absolute Gasteiger partial charge is 0.350 e. The number of methoxy groups -OCH3 is 2. The monoisotopic (exact) mass is 542 g/mol. The van der Waals surface area contributed by atoms with Crippen LogP contribution >= 0.6 is 27.3 Å². The van der Waals surface area contributed by atoms with Crippen molar-refractivity contribution in [1.82, 2.24) is 4.98 Å². The van der Waals surface area contributed by atoms with Crippen molar-refractivity contribution in [2.75, 3.05) is 19.1 Å². The van der Waals surface area contributed by atoms with E-state index in [9.17, 15) is 19.5 Å². The maximum Gasteiger partial charge on any atom is 0.350 e. The molecule has 8 nitrogen and oxygen atoms in total. The van der Waals surface area contributed by atoms with E-state index in [1.165, 1.54) is 19.1 Å². The standard InChI is InChI=1S/C24H19BrN2O6S/c1-12-21(23(31)33-3)34-24(26-12)27-18(13-6-4-8-15(25)10-13)17(20(29)22(27)30)19(28)14-7-5-9-16(11-14)32-2/h4-11,18,28H,1-3H3/b19-17+/t18-/m1/s1. The summed E-state index contributed by atoms with van der Waals surface area (Å²) in [6, 6.07) is 12.7. The first-order valence-corrected chi connectivity index (χ1v) is 11.6. The molecule has 1 aromatic heterocycles. The van der Waals surface area contributed by atoms with Gasteiger partial charge in [0, 0.05) is 10.0 Å². The van der Waals surface area contributed by atoms with Gasteiger partial charge in [-0.2, -0.15) is 0 Å². The minimum atomic E-state index is -0.972. The average molecular weight is 543 g/mol. The largest absolute Gasteiger partial charge is 0.507 e. The van der Waals surface area contributed by atoms with Crippen molar-refractivity contribution in [1.29, 1.82) is 0 Å². The molecule has 1 N–H and O–H groups in total. The molecule has 1 aliphatic rings. The molecule has 0 saturated carbocycles. The third kappa shape index (κ3) is 4.10. The Morgan fingerprint density at radius 1 is 1.15 bits per heavy atom. The number of aromatic nitrogens is 1. The lowest BCUT2D eigenvalue weighted by Crippen LogP contribution is -2.29. The van der Waals surface area contributed by atoms with Crippen molar-refractivity contribution >= 4 is 55.8 Å². The van der Waals surface area contributed by atoms with Crippen LogP contribution in [0.15, 0.2) is 58.6 Å². The lowest BCUT2D eigenvalue weighted by molar-refractivity contribution is -0.132. The van der Waals surface area contributed by atoms with Crippen LogP contribution in [0.4, 0.5) is 5.13 Å². The minimum absolute atomic E-state index is 0.0937. The molecular formula is C24H19BrN2O6S. The van der Waals surface area contributed by atoms with E-state index in [1.807, 2.05) is 0 Å². The predicted molar refractivity (Wildman–Crippen MR) is 130 cm³/mol. The number of rotatable bonds is 5. The number of hydrogen-bond donors (Lipinski definition) is 1. The second kappa shape index (κ2) is 9.40. The zero-order valence-corrected chi connectivity index (χ0v) is 20.8. The van der Waals surface area contributed by atoms with E-state index < -0.39 is 23.7 Å². The normalized spacial score (nSPS) is 17.2. The summed E-state index contributed by atoms with van der Waals surface area (Å²) in [7, 11) is 2.74. The van der Waals surface area contributed by atoms with E-state index in [0.717, 1.165) is 15.8 Å². The number of anilines is 1. The number of halogens is 1. The number of thiazole rings is 1. The lowest BCUT2D eigenvalue weighted by Gasteiger charge is -2.23. The van der Waals surface area contributed by atoms with Gasteiger partial charge in [0.25, 0.3) is 5.78 Å². The van der Waals surface area contributed by atoms with Gasteiger partial charge in [-0.25, -0.2) is 9.78 Å². The quantitative estimate of drug-likeness (QED) is 0.216. The zero-order valence-electron chi connectivity index (χ0n) is 18.4. The number of nitrogens with zero attached hydrogens (tertiary/aromatic N) is 2. The molecule has 1 atom stereocenters. The van der Waals surface area contributed by atoms with Crippen LogP contribution in [0.3, 0.4) is 0 Å². The number of esters is 1. The number of carbonyl (C=O) groups is 3. The molecule has 174 valence electrons. The van der Waals surface area contributed by atoms with Crippen LogP contribution in [-0.2, 0) is 14.3 Å². The Morgan fingerprint density at radius 3 is 2.56 bits per heavy atom. The van der Waals surface area contributed by atoms with Crippen LogP contribution in [0.25, 0.3) is 5.76 Å². The van der Waals surface area contributed by atoms with Crippen LogP contribution in [-0.4, -0.2) is 42.0 Å². The third-order valence-corrected chi connectivity index (χ3v) is 6.94. The summed E-state index contributed by atoms with van der Waals surface area (Å²) in [5, 5.41) is 11.3. The van der Waals surface area contributed by atoms with Crippen LogP contribution in [0.5, 0.6) is 5.75 Å². The second-order valence-electron chi connectivity index (χ2n) is 7.36. The van der Waals surface area contributed by atoms with E-state index in [0.29, 0.717) is 22.6 Å². The van der Waals surface area contributed by atoms with Crippen molar-refractivity contribution < 1.29 is 29.0 Å². The molecule has 0 aliphatic carbocycles. The number of ether oxygens (including phenoxy) is 2. The minimum Gasteiger partial charge on any atom is -0.507 e. The number of ketones is 1. The van der Waals surface area contributed by atoms with E-state index in [-0.39, 0.29) is 21.3 Å². The molecule has 1 aliphatic heterocycles. The molecule has 1 fully saturated rings. The molecule has 0 bridgehead atoms. The summed E-state index contributed by atoms with van der Waals surface area (Å²) in [6.45, 7) is 1.62. The summed E-state index contributed by atoms with van der Waals surface area (Å²) >= 11 is 4.37. The fourth-order valence-corrected chi connectivity index (χ4v) is 5.14. The number of aryl methyl sites for hydroxylation is 1. The summed E-state index contributed by atoms with van der Waals surface area (Å²) in [6.07, 6.45) is 0. The van der Waals surface area contributed by atoms with Gasteiger partial charge in [0.05, 0.1) is 31.5 Å². The number of Topliss-reactive ketones (excluding diaryl/α,β-unsaturated/α-hetero) is 1. The number of carbonyl (C=O) groups excluding carboxylic acids is 3. The lowest BCUT2D eigenvalue weighted by atomic mass is 9.95. The summed E-state index contributed by atoms with van der Waals surface area (Å²) in [5.41, 5.74) is 1.17. The Hall–Kier alpha value is -3.50. The van der Waals surface area contributed by atoms with Crippen molar-refractivity contribution in [2.45, 2.75) is 13.0 Å². The number of hydrogen-bond acceptors (Lipinski definition) is 8. The Balaban J connectivity index is 1.95. The number of aliphatic hydroxyl groups is 1. The fraction of sp³-hybridized carbons (Fsp3) is 0.167. The molecule has 2 aromatic carbocycles. The van der Waals surface area contributed by atoms with Gasteiger partial charge in [-0.1, -0.05) is 51.5 Å². The fourth-order valence-electron chi connectivity index (χ4n) is 3.72. The molecule has 34 heavy (non-hydrogen) atoms. The van der Waals surface area contributed by atoms with Gasteiger partial charge in [-0.05, 0) is 36.8 Å². The van der Waals surface area contributed by atoms with Gasteiger partial charge in [-0.3, -0.25) is 14.5 Å². The zero-order chi connectivity index (χ0) is 24.6. The molecule has 3 aromatic rings. The van der Waals surface area contributed by atoms with E-state index >= 15 is 0 Å². The number of benzene rings is 2. The van der Waals surface area contributed by atoms with Crippen molar-refractivity contribution in [3.63, 3.8) is 0 Å². The molecule has 0 spiro atoms. The van der Waals surface area contributed by atoms with Crippen molar-refractivity contribution in [3.8, 4) is 5.75 Å². The SMILES string of the molecule is COC(=O)c1sc(N2C(=O)C(=O)/C(=C(/O)c3cccc(OC)c3)[C@H]2c2cccc(Br)c2)nc1C. The number of amides is 1. The van der Waals surface area contributed by atoms with Crippen LogP contribution < -0.4 is 9.64 Å². The van der Waals surface area contributed by atoms with Crippen LogP contribution in [0, 0.1) is 6.92 Å². The molecule has 0 unspecified atom stereocenters. The first kappa shape index (κ1) is 23.7. The first-order valence-electron chi connectivity index (χ1n) is 10.0. The molecule has 1 saturated heterocycles. The maximum atomic E-state index is 13.2. The van der Waals surface area contributed by atoms with Crippen molar-refractivity contribution in [3.05, 3.63) is 80.3 Å². The molecule has 4 rings (SSSR count). The van der Waals surface area contributed by atoms with Gasteiger partial charge in [0.15, 0.2) is 5.13 Å². The third-order valence-electron chi connectivity index (χ3n) is 5.31. The van der Waals surface area contributed by atoms with Crippen molar-refractivity contribution in [2.24, 2.45) is 0 Å².